The monoisotopic (exact) mass is 252 g/mol. The Hall–Kier alpha value is -1.07. The number of methoxy groups -OCH3 is 1. The van der Waals surface area contributed by atoms with E-state index in [0.29, 0.717) is 11.9 Å². The molecule has 0 aromatic carbocycles. The molecule has 4 atom stereocenters. The quantitative estimate of drug-likeness (QED) is 0.882. The molecule has 0 amide bonds. The van der Waals surface area contributed by atoms with Gasteiger partial charge in [0.25, 0.3) is 0 Å². The molecule has 4 unspecified atom stereocenters. The lowest BCUT2D eigenvalue weighted by molar-refractivity contribution is 0.0369. The minimum Gasteiger partial charge on any atom is -0.493 e. The number of nitrogens with zero attached hydrogens (tertiary/aromatic N) is 2. The molecule has 2 bridgehead atoms. The topological polar surface area (TPSA) is 56.5 Å². The molecule has 5 nitrogen and oxygen atoms in total. The fourth-order valence-corrected chi connectivity index (χ4v) is 3.30. The molecule has 1 aromatic heterocycles. The van der Waals surface area contributed by atoms with E-state index in [0.717, 1.165) is 31.5 Å². The summed E-state index contributed by atoms with van der Waals surface area (Å²) in [7, 11) is 1.62. The molecule has 5 heteroatoms. The first-order valence-corrected chi connectivity index (χ1v) is 6.67. The smallest absolute Gasteiger partial charge is 0.162 e. The Balaban J connectivity index is 1.87. The van der Waals surface area contributed by atoms with Crippen LogP contribution in [-0.4, -0.2) is 34.2 Å². The number of rotatable bonds is 4. The van der Waals surface area contributed by atoms with Crippen LogP contribution < -0.4 is 4.74 Å². The summed E-state index contributed by atoms with van der Waals surface area (Å²) in [5.41, 5.74) is 0.793. The second-order valence-corrected chi connectivity index (χ2v) is 5.13. The molecule has 2 saturated heterocycles. The predicted molar refractivity (Wildman–Crippen MR) is 65.4 cm³/mol. The van der Waals surface area contributed by atoms with Gasteiger partial charge in [-0.2, -0.15) is 5.10 Å². The third-order valence-corrected chi connectivity index (χ3v) is 4.20. The highest BCUT2D eigenvalue weighted by Gasteiger charge is 2.45. The Bertz CT molecular complexity index is 410. The summed E-state index contributed by atoms with van der Waals surface area (Å²) < 4.78 is 12.9. The van der Waals surface area contributed by atoms with Crippen molar-refractivity contribution < 1.29 is 14.6 Å². The van der Waals surface area contributed by atoms with E-state index in [-0.39, 0.29) is 12.0 Å². The van der Waals surface area contributed by atoms with Crippen LogP contribution >= 0.6 is 0 Å². The van der Waals surface area contributed by atoms with Crippen LogP contribution in [-0.2, 0) is 11.3 Å². The van der Waals surface area contributed by atoms with Gasteiger partial charge in [-0.3, -0.25) is 4.68 Å². The average Bonchev–Trinajstić information content (AvgIpc) is 3.10. The van der Waals surface area contributed by atoms with Crippen LogP contribution in [0, 0.1) is 5.92 Å². The maximum Gasteiger partial charge on any atom is 0.162 e. The van der Waals surface area contributed by atoms with E-state index in [1.807, 2.05) is 11.6 Å². The van der Waals surface area contributed by atoms with Crippen LogP contribution in [0.3, 0.4) is 0 Å². The summed E-state index contributed by atoms with van der Waals surface area (Å²) >= 11 is 0. The molecule has 2 fully saturated rings. The van der Waals surface area contributed by atoms with Gasteiger partial charge in [0.2, 0.25) is 0 Å². The maximum atomic E-state index is 10.6. The number of aliphatic hydroxyl groups is 1. The zero-order valence-electron chi connectivity index (χ0n) is 10.9. The molecule has 1 N–H and O–H groups in total. The molecule has 2 aliphatic rings. The lowest BCUT2D eigenvalue weighted by Gasteiger charge is -2.25. The molecule has 0 saturated carbocycles. The number of ether oxygens (including phenoxy) is 2. The van der Waals surface area contributed by atoms with Crippen molar-refractivity contribution in [1.29, 1.82) is 0 Å². The largest absolute Gasteiger partial charge is 0.493 e. The molecule has 0 spiro atoms. The minimum absolute atomic E-state index is 0.180. The van der Waals surface area contributed by atoms with Gasteiger partial charge < -0.3 is 14.6 Å². The van der Waals surface area contributed by atoms with E-state index in [4.69, 9.17) is 9.47 Å². The summed E-state index contributed by atoms with van der Waals surface area (Å²) in [6, 6.07) is 0. The molecule has 0 radical (unpaired) electrons. The third kappa shape index (κ3) is 1.73. The van der Waals surface area contributed by atoms with Crippen molar-refractivity contribution in [1.82, 2.24) is 9.78 Å². The molecule has 3 rings (SSSR count). The normalized spacial score (nSPS) is 31.8. The molecule has 0 aliphatic carbocycles. The summed E-state index contributed by atoms with van der Waals surface area (Å²) in [5, 5.41) is 14.9. The molecule has 1 aromatic rings. The van der Waals surface area contributed by atoms with Crippen molar-refractivity contribution in [2.45, 2.75) is 51.0 Å². The van der Waals surface area contributed by atoms with Gasteiger partial charge in [0.15, 0.2) is 5.75 Å². The van der Waals surface area contributed by atoms with Gasteiger partial charge in [0.1, 0.15) is 11.8 Å². The third-order valence-electron chi connectivity index (χ3n) is 4.20. The molecule has 18 heavy (non-hydrogen) atoms. The average molecular weight is 252 g/mol. The van der Waals surface area contributed by atoms with Gasteiger partial charge in [-0.25, -0.2) is 0 Å². The van der Waals surface area contributed by atoms with Crippen molar-refractivity contribution in [3.05, 3.63) is 11.9 Å². The number of hydrogen-bond acceptors (Lipinski definition) is 4. The summed E-state index contributed by atoms with van der Waals surface area (Å²) in [4.78, 5) is 0. The fourth-order valence-electron chi connectivity index (χ4n) is 3.30. The lowest BCUT2D eigenvalue weighted by atomic mass is 9.84. The lowest BCUT2D eigenvalue weighted by Crippen LogP contribution is -2.25. The molecule has 3 heterocycles. The van der Waals surface area contributed by atoms with Crippen molar-refractivity contribution in [3.8, 4) is 5.75 Å². The summed E-state index contributed by atoms with van der Waals surface area (Å²) in [5.74, 6) is 0.853. The van der Waals surface area contributed by atoms with Crippen LogP contribution in [0.5, 0.6) is 5.75 Å². The highest BCUT2D eigenvalue weighted by molar-refractivity contribution is 5.28. The maximum absolute atomic E-state index is 10.6. The van der Waals surface area contributed by atoms with Crippen LogP contribution in [0.4, 0.5) is 0 Å². The van der Waals surface area contributed by atoms with Crippen LogP contribution in [0.1, 0.15) is 38.0 Å². The minimum atomic E-state index is -0.544. The number of aryl methyl sites for hydroxylation is 1. The van der Waals surface area contributed by atoms with Gasteiger partial charge in [0.05, 0.1) is 25.5 Å². The van der Waals surface area contributed by atoms with Crippen LogP contribution in [0.15, 0.2) is 6.20 Å². The number of hydrogen-bond donors (Lipinski definition) is 1. The molecular formula is C13H20N2O3. The second kappa shape index (κ2) is 4.55. The van der Waals surface area contributed by atoms with Gasteiger partial charge in [-0.15, -0.1) is 0 Å². The highest BCUT2D eigenvalue weighted by atomic mass is 16.5. The first-order chi connectivity index (χ1) is 8.74. The second-order valence-electron chi connectivity index (χ2n) is 5.13. The van der Waals surface area contributed by atoms with E-state index in [2.05, 4.69) is 5.10 Å². The molecule has 100 valence electrons. The van der Waals surface area contributed by atoms with E-state index in [1.54, 1.807) is 13.3 Å². The van der Waals surface area contributed by atoms with Crippen molar-refractivity contribution in [2.24, 2.45) is 5.92 Å². The van der Waals surface area contributed by atoms with Gasteiger partial charge in [-0.1, -0.05) is 0 Å². The van der Waals surface area contributed by atoms with Crippen molar-refractivity contribution >= 4 is 0 Å². The number of aliphatic hydroxyl groups excluding tert-OH is 1. The Morgan fingerprint density at radius 1 is 1.61 bits per heavy atom. The SMILES string of the molecule is CCn1ncc(OC)c1C(O)C1CC2CCC1O2. The van der Waals surface area contributed by atoms with E-state index in [1.165, 1.54) is 0 Å². The Morgan fingerprint density at radius 2 is 2.44 bits per heavy atom. The van der Waals surface area contributed by atoms with Crippen molar-refractivity contribution in [2.75, 3.05) is 7.11 Å². The van der Waals surface area contributed by atoms with Gasteiger partial charge in [-0.05, 0) is 26.2 Å². The molecular weight excluding hydrogens is 232 g/mol. The van der Waals surface area contributed by atoms with Gasteiger partial charge in [0, 0.05) is 12.5 Å². The first kappa shape index (κ1) is 12.0. The van der Waals surface area contributed by atoms with Crippen LogP contribution in [0.25, 0.3) is 0 Å². The van der Waals surface area contributed by atoms with Crippen LogP contribution in [0.2, 0.25) is 0 Å². The van der Waals surface area contributed by atoms with Gasteiger partial charge >= 0.3 is 0 Å². The van der Waals surface area contributed by atoms with E-state index >= 15 is 0 Å². The van der Waals surface area contributed by atoms with Crippen molar-refractivity contribution in [3.63, 3.8) is 0 Å². The Labute approximate surface area is 107 Å². The standard InChI is InChI=1S/C13H20N2O3/c1-3-15-12(11(17-2)7-14-15)13(16)9-6-8-4-5-10(9)18-8/h7-10,13,16H,3-6H2,1-2H3. The first-order valence-electron chi connectivity index (χ1n) is 6.67. The fraction of sp³-hybridized carbons (Fsp3) is 0.769. The zero-order valence-corrected chi connectivity index (χ0v) is 10.9. The highest BCUT2D eigenvalue weighted by Crippen LogP contribution is 2.46. The van der Waals surface area contributed by atoms with E-state index < -0.39 is 6.10 Å². The summed E-state index contributed by atoms with van der Waals surface area (Å²) in [6.45, 7) is 2.75. The Kier molecular flexibility index (Phi) is 3.03. The predicted octanol–water partition coefficient (Wildman–Crippen LogP) is 1.51. The van der Waals surface area contributed by atoms with E-state index in [9.17, 15) is 5.11 Å². The number of fused-ring (bicyclic) bond motifs is 2. The number of aromatic nitrogens is 2. The summed E-state index contributed by atoms with van der Waals surface area (Å²) in [6.07, 6.45) is 4.83. The zero-order chi connectivity index (χ0) is 12.7. The Morgan fingerprint density at radius 3 is 3.00 bits per heavy atom. The molecule has 2 aliphatic heterocycles.